The molecule has 162 valence electrons. The molecule has 0 N–H and O–H groups in total. The van der Waals surface area contributed by atoms with Crippen LogP contribution in [0.3, 0.4) is 0 Å². The molecule has 0 unspecified atom stereocenters. The number of rotatable bonds is 7. The number of carbonyl (C=O) groups excluding carboxylic acids is 1. The summed E-state index contributed by atoms with van der Waals surface area (Å²) in [7, 11) is 5.00. The summed E-state index contributed by atoms with van der Waals surface area (Å²) in [6.45, 7) is 0.491. The van der Waals surface area contributed by atoms with Crippen LogP contribution < -0.4 is 9.47 Å². The Kier molecular flexibility index (Phi) is 6.22. The molecule has 1 amide bonds. The molecule has 6 nitrogen and oxygen atoms in total. The number of amides is 1. The maximum Gasteiger partial charge on any atom is 0.257 e. The first kappa shape index (κ1) is 21.2. The Bertz CT molecular complexity index is 1200. The van der Waals surface area contributed by atoms with Crippen molar-refractivity contribution in [3.8, 4) is 28.4 Å². The molecule has 6 heteroatoms. The van der Waals surface area contributed by atoms with Crippen LogP contribution in [0.2, 0.25) is 0 Å². The van der Waals surface area contributed by atoms with Crippen LogP contribution in [-0.2, 0) is 6.54 Å². The van der Waals surface area contributed by atoms with Crippen molar-refractivity contribution in [3.63, 3.8) is 0 Å². The number of nitrogens with zero attached hydrogens (tertiary/aromatic N) is 3. The molecular weight excluding hydrogens is 402 g/mol. The molecule has 0 radical (unpaired) electrons. The molecular formula is C26H25N3O3. The minimum atomic E-state index is -0.129. The van der Waals surface area contributed by atoms with E-state index in [4.69, 9.17) is 14.6 Å². The van der Waals surface area contributed by atoms with E-state index in [1.54, 1.807) is 37.0 Å². The highest BCUT2D eigenvalue weighted by atomic mass is 16.5. The predicted molar refractivity (Wildman–Crippen MR) is 124 cm³/mol. The summed E-state index contributed by atoms with van der Waals surface area (Å²) in [6.07, 6.45) is 1.77. The largest absolute Gasteiger partial charge is 0.497 e. The Hall–Kier alpha value is -4.06. The third-order valence-electron chi connectivity index (χ3n) is 5.24. The maximum atomic E-state index is 13.5. The second kappa shape index (κ2) is 9.39. The van der Waals surface area contributed by atoms with E-state index in [0.717, 1.165) is 11.3 Å². The number of para-hydroxylation sites is 1. The predicted octanol–water partition coefficient (Wildman–Crippen LogP) is 4.83. The maximum absolute atomic E-state index is 13.5. The quantitative estimate of drug-likeness (QED) is 0.424. The molecule has 0 fully saturated rings. The fourth-order valence-corrected chi connectivity index (χ4v) is 3.58. The fraction of sp³-hybridized carbons (Fsp3) is 0.154. The highest BCUT2D eigenvalue weighted by Crippen LogP contribution is 2.35. The standard InChI is InChI=1S/C26H25N3O3/c1-28(17-19-10-6-4-7-11-19)26(30)23-18-29(20-12-8-5-9-13-20)27-25(23)22-16-21(31-2)14-15-24(22)32-3/h4-16,18H,17H2,1-3H3. The summed E-state index contributed by atoms with van der Waals surface area (Å²) >= 11 is 0. The molecule has 0 atom stereocenters. The third-order valence-corrected chi connectivity index (χ3v) is 5.24. The number of benzene rings is 3. The minimum absolute atomic E-state index is 0.129. The normalized spacial score (nSPS) is 10.6. The molecule has 32 heavy (non-hydrogen) atoms. The average Bonchev–Trinajstić information content (AvgIpc) is 3.29. The summed E-state index contributed by atoms with van der Waals surface area (Å²) in [6, 6.07) is 25.1. The van der Waals surface area contributed by atoms with Gasteiger partial charge in [-0.1, -0.05) is 48.5 Å². The van der Waals surface area contributed by atoms with Crippen molar-refractivity contribution >= 4 is 5.91 Å². The second-order valence-corrected chi connectivity index (χ2v) is 7.38. The van der Waals surface area contributed by atoms with Gasteiger partial charge < -0.3 is 14.4 Å². The first-order chi connectivity index (χ1) is 15.6. The Morgan fingerprint density at radius 2 is 1.62 bits per heavy atom. The number of ether oxygens (including phenoxy) is 2. The van der Waals surface area contributed by atoms with Gasteiger partial charge >= 0.3 is 0 Å². The monoisotopic (exact) mass is 427 g/mol. The molecule has 0 saturated heterocycles. The van der Waals surface area contributed by atoms with Crippen LogP contribution in [0.1, 0.15) is 15.9 Å². The van der Waals surface area contributed by atoms with E-state index in [9.17, 15) is 4.79 Å². The van der Waals surface area contributed by atoms with Gasteiger partial charge in [0, 0.05) is 25.4 Å². The number of aromatic nitrogens is 2. The van der Waals surface area contributed by atoms with E-state index in [0.29, 0.717) is 34.9 Å². The first-order valence-corrected chi connectivity index (χ1v) is 10.3. The van der Waals surface area contributed by atoms with E-state index in [-0.39, 0.29) is 5.91 Å². The van der Waals surface area contributed by atoms with Gasteiger partial charge in [-0.25, -0.2) is 4.68 Å². The summed E-state index contributed by atoms with van der Waals surface area (Å²) in [4.78, 5) is 15.2. The Balaban J connectivity index is 1.81. The van der Waals surface area contributed by atoms with Crippen LogP contribution in [0.25, 0.3) is 16.9 Å². The molecule has 0 saturated carbocycles. The van der Waals surface area contributed by atoms with Gasteiger partial charge in [-0.3, -0.25) is 4.79 Å². The molecule has 1 heterocycles. The van der Waals surface area contributed by atoms with Gasteiger partial charge in [0.05, 0.1) is 25.5 Å². The van der Waals surface area contributed by atoms with Crippen molar-refractivity contribution in [2.24, 2.45) is 0 Å². The molecule has 3 aromatic carbocycles. The van der Waals surface area contributed by atoms with Gasteiger partial charge in [-0.15, -0.1) is 0 Å². The molecule has 4 aromatic rings. The molecule has 0 aliphatic heterocycles. The highest BCUT2D eigenvalue weighted by molar-refractivity contribution is 6.00. The molecule has 0 spiro atoms. The van der Waals surface area contributed by atoms with Crippen molar-refractivity contribution in [1.82, 2.24) is 14.7 Å². The molecule has 0 aliphatic carbocycles. The summed E-state index contributed by atoms with van der Waals surface area (Å²) in [5, 5.41) is 4.78. The smallest absolute Gasteiger partial charge is 0.257 e. The summed E-state index contributed by atoms with van der Waals surface area (Å²) in [5.41, 5.74) is 3.63. The van der Waals surface area contributed by atoms with Gasteiger partial charge in [0.15, 0.2) is 0 Å². The number of hydrogen-bond acceptors (Lipinski definition) is 4. The summed E-state index contributed by atoms with van der Waals surface area (Å²) in [5.74, 6) is 1.14. The van der Waals surface area contributed by atoms with E-state index in [1.165, 1.54) is 0 Å². The van der Waals surface area contributed by atoms with E-state index < -0.39 is 0 Å². The molecule has 0 aliphatic rings. The lowest BCUT2D eigenvalue weighted by atomic mass is 10.1. The first-order valence-electron chi connectivity index (χ1n) is 10.3. The highest BCUT2D eigenvalue weighted by Gasteiger charge is 2.24. The van der Waals surface area contributed by atoms with Gasteiger partial charge in [0.1, 0.15) is 17.2 Å². The van der Waals surface area contributed by atoms with Crippen LogP contribution in [0.5, 0.6) is 11.5 Å². The van der Waals surface area contributed by atoms with Gasteiger partial charge in [-0.2, -0.15) is 5.10 Å². The van der Waals surface area contributed by atoms with Crippen molar-refractivity contribution in [1.29, 1.82) is 0 Å². The Labute approximate surface area is 187 Å². The van der Waals surface area contributed by atoms with E-state index in [2.05, 4.69) is 0 Å². The van der Waals surface area contributed by atoms with Crippen molar-refractivity contribution < 1.29 is 14.3 Å². The second-order valence-electron chi connectivity index (χ2n) is 7.38. The van der Waals surface area contributed by atoms with Crippen LogP contribution in [0, 0.1) is 0 Å². The average molecular weight is 428 g/mol. The third kappa shape index (κ3) is 4.34. The molecule has 1 aromatic heterocycles. The Morgan fingerprint density at radius 1 is 0.938 bits per heavy atom. The number of hydrogen-bond donors (Lipinski definition) is 0. The van der Waals surface area contributed by atoms with Crippen LogP contribution >= 0.6 is 0 Å². The van der Waals surface area contributed by atoms with Crippen molar-refractivity contribution in [2.45, 2.75) is 6.54 Å². The van der Waals surface area contributed by atoms with Crippen molar-refractivity contribution in [2.75, 3.05) is 21.3 Å². The zero-order chi connectivity index (χ0) is 22.5. The van der Waals surface area contributed by atoms with E-state index in [1.807, 2.05) is 78.9 Å². The zero-order valence-corrected chi connectivity index (χ0v) is 18.4. The van der Waals surface area contributed by atoms with Gasteiger partial charge in [-0.05, 0) is 35.9 Å². The van der Waals surface area contributed by atoms with Crippen molar-refractivity contribution in [3.05, 3.63) is 96.2 Å². The number of carbonyl (C=O) groups is 1. The fourth-order valence-electron chi connectivity index (χ4n) is 3.58. The van der Waals surface area contributed by atoms with E-state index >= 15 is 0 Å². The van der Waals surface area contributed by atoms with Crippen LogP contribution in [0.4, 0.5) is 0 Å². The van der Waals surface area contributed by atoms with Gasteiger partial charge in [0.2, 0.25) is 0 Å². The SMILES string of the molecule is COc1ccc(OC)c(-c2nn(-c3ccccc3)cc2C(=O)N(C)Cc2ccccc2)c1. The summed E-state index contributed by atoms with van der Waals surface area (Å²) < 4.78 is 12.7. The molecule has 0 bridgehead atoms. The lowest BCUT2D eigenvalue weighted by Crippen LogP contribution is -2.26. The Morgan fingerprint density at radius 3 is 2.28 bits per heavy atom. The lowest BCUT2D eigenvalue weighted by Gasteiger charge is -2.17. The topological polar surface area (TPSA) is 56.6 Å². The number of methoxy groups -OCH3 is 2. The zero-order valence-electron chi connectivity index (χ0n) is 18.4. The minimum Gasteiger partial charge on any atom is -0.497 e. The van der Waals surface area contributed by atoms with Gasteiger partial charge in [0.25, 0.3) is 5.91 Å². The van der Waals surface area contributed by atoms with Crippen LogP contribution in [-0.4, -0.2) is 41.9 Å². The lowest BCUT2D eigenvalue weighted by molar-refractivity contribution is 0.0786. The van der Waals surface area contributed by atoms with Crippen LogP contribution in [0.15, 0.2) is 85.1 Å². The molecule has 4 rings (SSSR count).